The Morgan fingerprint density at radius 1 is 1.13 bits per heavy atom. The number of nitrogens with one attached hydrogen (secondary N) is 3. The zero-order chi connectivity index (χ0) is 21.9. The summed E-state index contributed by atoms with van der Waals surface area (Å²) < 4.78 is 5.50. The summed E-state index contributed by atoms with van der Waals surface area (Å²) in [6.07, 6.45) is 0.00289. The second-order valence-corrected chi connectivity index (χ2v) is 7.84. The van der Waals surface area contributed by atoms with E-state index in [1.807, 2.05) is 24.3 Å². The van der Waals surface area contributed by atoms with Crippen LogP contribution in [0.1, 0.15) is 42.3 Å². The molecule has 158 valence electrons. The van der Waals surface area contributed by atoms with E-state index in [0.29, 0.717) is 11.5 Å². The van der Waals surface area contributed by atoms with Crippen LogP contribution in [0.25, 0.3) is 10.9 Å². The molecule has 0 radical (unpaired) electrons. The maximum atomic E-state index is 12.3. The highest BCUT2D eigenvalue weighted by Crippen LogP contribution is 2.32. The van der Waals surface area contributed by atoms with Crippen molar-refractivity contribution in [3.8, 4) is 5.75 Å². The molecule has 2 aromatic heterocycles. The van der Waals surface area contributed by atoms with Crippen molar-refractivity contribution in [3.63, 3.8) is 0 Å². The summed E-state index contributed by atoms with van der Waals surface area (Å²) in [5, 5.41) is 16.4. The molecule has 2 heterocycles. The number of aromatic hydroxyl groups is 1. The monoisotopic (exact) mass is 411 g/mol. The zero-order valence-electron chi connectivity index (χ0n) is 17.2. The number of aromatic amines is 1. The van der Waals surface area contributed by atoms with Crippen LogP contribution in [0, 0.1) is 6.92 Å². The van der Waals surface area contributed by atoms with Crippen LogP contribution >= 0.6 is 0 Å². The molecule has 2 amide bonds. The molecule has 0 aliphatic carbocycles. The fourth-order valence-electron chi connectivity index (χ4n) is 3.28. The van der Waals surface area contributed by atoms with Crippen LogP contribution < -0.4 is 16.1 Å². The number of hydrogen-bond acceptors (Lipinski definition) is 5. The van der Waals surface area contributed by atoms with Crippen molar-refractivity contribution in [3.05, 3.63) is 63.8 Å². The topological polar surface area (TPSA) is 124 Å². The van der Waals surface area contributed by atoms with Gasteiger partial charge in [-0.2, -0.15) is 0 Å². The summed E-state index contributed by atoms with van der Waals surface area (Å²) in [6.45, 7) is 5.52. The molecule has 3 rings (SSSR count). The first-order valence-corrected chi connectivity index (χ1v) is 9.64. The minimum absolute atomic E-state index is 0.00289. The van der Waals surface area contributed by atoms with Gasteiger partial charge in [-0.1, -0.05) is 32.0 Å². The first kappa shape index (κ1) is 21.2. The van der Waals surface area contributed by atoms with Crippen LogP contribution in [0.15, 0.2) is 45.6 Å². The predicted molar refractivity (Wildman–Crippen MR) is 113 cm³/mol. The van der Waals surface area contributed by atoms with Crippen LogP contribution in [0.5, 0.6) is 5.75 Å². The first-order valence-electron chi connectivity index (χ1n) is 9.64. The normalized spacial score (nSPS) is 11.4. The van der Waals surface area contributed by atoms with E-state index in [4.69, 9.17) is 4.42 Å². The number of carbonyl (C=O) groups is 2. The standard InChI is InChI=1S/C22H25N3O5/c1-13-10-17(26)19(28)20(30-13)22(2,3)12-18(27)23-8-9-24-21(29)16-11-14-6-4-5-7-15(14)25-16/h4-7,10-11,25,28H,8-9,12H2,1-3H3,(H,23,27)(H,24,29). The molecule has 3 aromatic rings. The van der Waals surface area contributed by atoms with Crippen molar-refractivity contribution in [2.75, 3.05) is 13.1 Å². The number of rotatable bonds is 7. The van der Waals surface area contributed by atoms with E-state index in [2.05, 4.69) is 15.6 Å². The highest BCUT2D eigenvalue weighted by atomic mass is 16.4. The minimum atomic E-state index is -0.882. The van der Waals surface area contributed by atoms with E-state index < -0.39 is 16.6 Å². The van der Waals surface area contributed by atoms with Gasteiger partial charge in [0.1, 0.15) is 11.5 Å². The maximum absolute atomic E-state index is 12.3. The van der Waals surface area contributed by atoms with E-state index in [0.717, 1.165) is 10.9 Å². The van der Waals surface area contributed by atoms with Gasteiger partial charge in [-0.15, -0.1) is 0 Å². The Balaban J connectivity index is 1.51. The average molecular weight is 411 g/mol. The van der Waals surface area contributed by atoms with Crippen LogP contribution in [0.4, 0.5) is 0 Å². The molecule has 0 atom stereocenters. The van der Waals surface area contributed by atoms with Gasteiger partial charge in [0.25, 0.3) is 5.91 Å². The van der Waals surface area contributed by atoms with Gasteiger partial charge in [0.05, 0.1) is 0 Å². The highest BCUT2D eigenvalue weighted by molar-refractivity contribution is 5.98. The Hall–Kier alpha value is -3.55. The molecule has 1 aromatic carbocycles. The number of aryl methyl sites for hydroxylation is 1. The third kappa shape index (κ3) is 4.71. The van der Waals surface area contributed by atoms with E-state index >= 15 is 0 Å². The highest BCUT2D eigenvalue weighted by Gasteiger charge is 2.31. The van der Waals surface area contributed by atoms with E-state index in [-0.39, 0.29) is 37.1 Å². The number of para-hydroxylation sites is 1. The van der Waals surface area contributed by atoms with Crippen molar-refractivity contribution < 1.29 is 19.1 Å². The number of fused-ring (bicyclic) bond motifs is 1. The molecule has 0 saturated heterocycles. The quantitative estimate of drug-likeness (QED) is 0.444. The van der Waals surface area contributed by atoms with Crippen molar-refractivity contribution in [2.45, 2.75) is 32.6 Å². The third-order valence-electron chi connectivity index (χ3n) is 4.77. The largest absolute Gasteiger partial charge is 0.502 e. The number of aromatic nitrogens is 1. The molecule has 0 unspecified atom stereocenters. The second kappa shape index (κ2) is 8.44. The van der Waals surface area contributed by atoms with Crippen LogP contribution in [0.2, 0.25) is 0 Å². The van der Waals surface area contributed by atoms with Crippen LogP contribution in [-0.2, 0) is 10.2 Å². The Morgan fingerprint density at radius 2 is 1.83 bits per heavy atom. The fourth-order valence-corrected chi connectivity index (χ4v) is 3.28. The van der Waals surface area contributed by atoms with Gasteiger partial charge in [0, 0.05) is 41.9 Å². The third-order valence-corrected chi connectivity index (χ3v) is 4.77. The molecule has 0 aliphatic rings. The Kier molecular flexibility index (Phi) is 5.96. The molecule has 0 fully saturated rings. The van der Waals surface area contributed by atoms with E-state index in [1.54, 1.807) is 26.8 Å². The van der Waals surface area contributed by atoms with Crippen molar-refractivity contribution in [2.24, 2.45) is 0 Å². The van der Waals surface area contributed by atoms with Gasteiger partial charge in [-0.05, 0) is 19.1 Å². The molecule has 0 saturated carbocycles. The Morgan fingerprint density at radius 3 is 2.57 bits per heavy atom. The van der Waals surface area contributed by atoms with E-state index in [9.17, 15) is 19.5 Å². The molecule has 0 aliphatic heterocycles. The second-order valence-electron chi connectivity index (χ2n) is 7.84. The summed E-state index contributed by atoms with van der Waals surface area (Å²) in [5.74, 6) is -0.588. The number of amides is 2. The lowest BCUT2D eigenvalue weighted by Gasteiger charge is -2.23. The van der Waals surface area contributed by atoms with Gasteiger partial charge >= 0.3 is 0 Å². The van der Waals surface area contributed by atoms with Crippen molar-refractivity contribution >= 4 is 22.7 Å². The predicted octanol–water partition coefficient (Wildman–Crippen LogP) is 2.35. The van der Waals surface area contributed by atoms with Crippen LogP contribution in [0.3, 0.4) is 0 Å². The SMILES string of the molecule is Cc1cc(=O)c(O)c(C(C)(C)CC(=O)NCCNC(=O)c2cc3ccccc3[nH]2)o1. The van der Waals surface area contributed by atoms with E-state index in [1.165, 1.54) is 6.07 Å². The number of hydrogen-bond donors (Lipinski definition) is 4. The zero-order valence-corrected chi connectivity index (χ0v) is 17.2. The first-order chi connectivity index (χ1) is 14.2. The summed E-state index contributed by atoms with van der Waals surface area (Å²) >= 11 is 0. The van der Waals surface area contributed by atoms with Crippen molar-refractivity contribution in [1.29, 1.82) is 0 Å². The lowest BCUT2D eigenvalue weighted by atomic mass is 9.85. The number of H-pyrrole nitrogens is 1. The summed E-state index contributed by atoms with van der Waals surface area (Å²) in [6, 6.07) is 10.6. The van der Waals surface area contributed by atoms with Gasteiger partial charge in [0.15, 0.2) is 5.76 Å². The Labute approximate surface area is 173 Å². The molecule has 30 heavy (non-hydrogen) atoms. The molecular formula is C22H25N3O5. The summed E-state index contributed by atoms with van der Waals surface area (Å²) in [7, 11) is 0. The fraction of sp³-hybridized carbons (Fsp3) is 0.318. The number of benzene rings is 1. The molecule has 0 spiro atoms. The lowest BCUT2D eigenvalue weighted by Crippen LogP contribution is -2.37. The lowest BCUT2D eigenvalue weighted by molar-refractivity contribution is -0.122. The van der Waals surface area contributed by atoms with Gasteiger partial charge < -0.3 is 25.1 Å². The molecule has 4 N–H and O–H groups in total. The molecule has 8 heteroatoms. The number of carbonyl (C=O) groups excluding carboxylic acids is 2. The average Bonchev–Trinajstić information content (AvgIpc) is 3.11. The van der Waals surface area contributed by atoms with Crippen LogP contribution in [-0.4, -0.2) is 35.0 Å². The molecule has 8 nitrogen and oxygen atoms in total. The smallest absolute Gasteiger partial charge is 0.267 e. The summed E-state index contributed by atoms with van der Waals surface area (Å²) in [5.41, 5.74) is -0.0905. The maximum Gasteiger partial charge on any atom is 0.267 e. The Bertz CT molecular complexity index is 1110. The van der Waals surface area contributed by atoms with Gasteiger partial charge in [-0.3, -0.25) is 14.4 Å². The van der Waals surface area contributed by atoms with Crippen molar-refractivity contribution in [1.82, 2.24) is 15.6 Å². The minimum Gasteiger partial charge on any atom is -0.502 e. The molecule has 0 bridgehead atoms. The van der Waals surface area contributed by atoms with Gasteiger partial charge in [-0.25, -0.2) is 0 Å². The summed E-state index contributed by atoms with van der Waals surface area (Å²) in [4.78, 5) is 39.4. The molecular weight excluding hydrogens is 386 g/mol. The van der Waals surface area contributed by atoms with Gasteiger partial charge in [0.2, 0.25) is 17.1 Å².